The summed E-state index contributed by atoms with van der Waals surface area (Å²) in [6.07, 6.45) is 2.92. The van der Waals surface area contributed by atoms with Gasteiger partial charge in [0.1, 0.15) is 6.10 Å². The first-order valence-corrected chi connectivity index (χ1v) is 6.91. The first kappa shape index (κ1) is 13.1. The minimum absolute atomic E-state index is 0.0885. The van der Waals surface area contributed by atoms with Gasteiger partial charge in [-0.15, -0.1) is 0 Å². The van der Waals surface area contributed by atoms with Crippen LogP contribution in [0.1, 0.15) is 35.6 Å². The highest BCUT2D eigenvalue weighted by atomic mass is 19.1. The molecule has 104 valence electrons. The number of aryl methyl sites for hydroxylation is 1. The van der Waals surface area contributed by atoms with Crippen molar-refractivity contribution in [3.8, 4) is 5.75 Å². The monoisotopic (exact) mass is 272 g/mol. The number of hydrogen-bond donors (Lipinski definition) is 1. The van der Waals surface area contributed by atoms with Crippen LogP contribution in [0.25, 0.3) is 0 Å². The third-order valence-corrected chi connectivity index (χ3v) is 3.76. The van der Waals surface area contributed by atoms with Gasteiger partial charge in [-0.3, -0.25) is 0 Å². The quantitative estimate of drug-likeness (QED) is 0.921. The number of hydrogen-bond acceptors (Lipinski definition) is 2. The molecule has 2 aromatic rings. The molecule has 3 rings (SSSR count). The highest BCUT2D eigenvalue weighted by Crippen LogP contribution is 2.34. The minimum Gasteiger partial charge on any atom is -0.483 e. The third-order valence-electron chi connectivity index (χ3n) is 3.76. The number of aliphatic hydroxyl groups excluding tert-OH is 1. The lowest BCUT2D eigenvalue weighted by molar-refractivity contribution is 0.175. The van der Waals surface area contributed by atoms with Crippen LogP contribution in [-0.4, -0.2) is 5.11 Å². The van der Waals surface area contributed by atoms with Gasteiger partial charge in [-0.25, -0.2) is 4.39 Å². The summed E-state index contributed by atoms with van der Waals surface area (Å²) in [5.74, 6) is -0.163. The van der Waals surface area contributed by atoms with Crippen molar-refractivity contribution in [2.45, 2.75) is 32.0 Å². The summed E-state index contributed by atoms with van der Waals surface area (Å²) in [4.78, 5) is 0. The van der Waals surface area contributed by atoms with Gasteiger partial charge in [-0.2, -0.15) is 0 Å². The Morgan fingerprint density at radius 1 is 1.20 bits per heavy atom. The second-order valence-electron chi connectivity index (χ2n) is 5.12. The lowest BCUT2D eigenvalue weighted by atomic mass is 9.89. The highest BCUT2D eigenvalue weighted by Gasteiger charge is 2.22. The molecule has 3 heteroatoms. The molecule has 0 bridgehead atoms. The Morgan fingerprint density at radius 2 is 2.05 bits per heavy atom. The molecule has 2 nitrogen and oxygen atoms in total. The van der Waals surface area contributed by atoms with Crippen molar-refractivity contribution in [3.63, 3.8) is 0 Å². The molecule has 0 saturated carbocycles. The standard InChI is InChI=1S/C17H17FO2/c18-15-10-12(11-19)8-9-17(15)20-16-7-3-5-13-4-1-2-6-14(13)16/h1-2,4,6,8-10,16,19H,3,5,7,11H2. The number of fused-ring (bicyclic) bond motifs is 1. The fraction of sp³-hybridized carbons (Fsp3) is 0.294. The van der Waals surface area contributed by atoms with Crippen molar-refractivity contribution in [1.82, 2.24) is 0 Å². The van der Waals surface area contributed by atoms with Crippen molar-refractivity contribution in [2.24, 2.45) is 0 Å². The van der Waals surface area contributed by atoms with Crippen molar-refractivity contribution >= 4 is 0 Å². The van der Waals surface area contributed by atoms with Gasteiger partial charge in [-0.05, 0) is 48.1 Å². The van der Waals surface area contributed by atoms with Gasteiger partial charge < -0.3 is 9.84 Å². The molecule has 1 N–H and O–H groups in total. The molecular formula is C17H17FO2. The first-order valence-electron chi connectivity index (χ1n) is 6.91. The van der Waals surface area contributed by atoms with Crippen LogP contribution in [-0.2, 0) is 13.0 Å². The number of ether oxygens (including phenoxy) is 1. The van der Waals surface area contributed by atoms with Gasteiger partial charge in [0.25, 0.3) is 0 Å². The van der Waals surface area contributed by atoms with Crippen LogP contribution < -0.4 is 4.74 Å². The van der Waals surface area contributed by atoms with Gasteiger partial charge in [0, 0.05) is 0 Å². The molecule has 1 aliphatic rings. The Bertz CT molecular complexity index is 610. The average molecular weight is 272 g/mol. The number of benzene rings is 2. The summed E-state index contributed by atoms with van der Waals surface area (Å²) in [7, 11) is 0. The second-order valence-corrected chi connectivity index (χ2v) is 5.12. The van der Waals surface area contributed by atoms with Crippen molar-refractivity contribution in [2.75, 3.05) is 0 Å². The minimum atomic E-state index is -0.417. The zero-order valence-corrected chi connectivity index (χ0v) is 11.2. The Labute approximate surface area is 117 Å². The van der Waals surface area contributed by atoms with E-state index in [-0.39, 0.29) is 18.5 Å². The maximum absolute atomic E-state index is 13.9. The molecule has 0 radical (unpaired) electrons. The van der Waals surface area contributed by atoms with Crippen LogP contribution in [0.4, 0.5) is 4.39 Å². The van der Waals surface area contributed by atoms with E-state index < -0.39 is 5.82 Å². The molecule has 2 aromatic carbocycles. The zero-order valence-electron chi connectivity index (χ0n) is 11.2. The largest absolute Gasteiger partial charge is 0.483 e. The van der Waals surface area contributed by atoms with E-state index in [0.717, 1.165) is 24.8 Å². The summed E-state index contributed by atoms with van der Waals surface area (Å²) >= 11 is 0. The van der Waals surface area contributed by atoms with Crippen molar-refractivity contribution in [3.05, 3.63) is 65.0 Å². The van der Waals surface area contributed by atoms with Crippen LogP contribution in [0.2, 0.25) is 0 Å². The smallest absolute Gasteiger partial charge is 0.165 e. The normalized spacial score (nSPS) is 17.6. The van der Waals surface area contributed by atoms with E-state index in [2.05, 4.69) is 12.1 Å². The van der Waals surface area contributed by atoms with E-state index in [9.17, 15) is 4.39 Å². The molecule has 0 aliphatic heterocycles. The summed E-state index contributed by atoms with van der Waals surface area (Å²) in [6.45, 7) is -0.163. The van der Waals surface area contributed by atoms with Gasteiger partial charge in [-0.1, -0.05) is 30.3 Å². The predicted octanol–water partition coefficient (Wildman–Crippen LogP) is 3.77. The topological polar surface area (TPSA) is 29.5 Å². The third kappa shape index (κ3) is 2.54. The maximum atomic E-state index is 13.9. The van der Waals surface area contributed by atoms with Crippen LogP contribution in [0.15, 0.2) is 42.5 Å². The molecule has 20 heavy (non-hydrogen) atoms. The van der Waals surface area contributed by atoms with Crippen LogP contribution in [0.3, 0.4) is 0 Å². The summed E-state index contributed by atoms with van der Waals surface area (Å²) < 4.78 is 19.8. The van der Waals surface area contributed by atoms with Gasteiger partial charge in [0.05, 0.1) is 6.61 Å². The molecule has 0 fully saturated rings. The Morgan fingerprint density at radius 3 is 2.85 bits per heavy atom. The molecule has 1 aliphatic carbocycles. The predicted molar refractivity (Wildman–Crippen MR) is 75.1 cm³/mol. The number of aliphatic hydroxyl groups is 1. The van der Waals surface area contributed by atoms with Crippen LogP contribution in [0, 0.1) is 5.82 Å². The Kier molecular flexibility index (Phi) is 3.70. The summed E-state index contributed by atoms with van der Waals surface area (Å²) in [5.41, 5.74) is 3.00. The van der Waals surface area contributed by atoms with Gasteiger partial charge in [0.2, 0.25) is 0 Å². The van der Waals surface area contributed by atoms with Crippen LogP contribution >= 0.6 is 0 Å². The molecule has 1 atom stereocenters. The molecule has 0 heterocycles. The molecule has 1 unspecified atom stereocenters. The van der Waals surface area contributed by atoms with Gasteiger partial charge >= 0.3 is 0 Å². The van der Waals surface area contributed by atoms with E-state index in [0.29, 0.717) is 5.56 Å². The Balaban J connectivity index is 1.85. The van der Waals surface area contributed by atoms with E-state index in [4.69, 9.17) is 9.84 Å². The van der Waals surface area contributed by atoms with E-state index >= 15 is 0 Å². The molecule has 0 saturated heterocycles. The van der Waals surface area contributed by atoms with Crippen molar-refractivity contribution in [1.29, 1.82) is 0 Å². The number of halogens is 1. The lowest BCUT2D eigenvalue weighted by Crippen LogP contribution is -2.15. The van der Waals surface area contributed by atoms with E-state index in [1.807, 2.05) is 12.1 Å². The first-order chi connectivity index (χ1) is 9.78. The fourth-order valence-electron chi connectivity index (χ4n) is 2.72. The summed E-state index contributed by atoms with van der Waals surface area (Å²) in [5, 5.41) is 9.00. The van der Waals surface area contributed by atoms with E-state index in [1.165, 1.54) is 11.6 Å². The maximum Gasteiger partial charge on any atom is 0.165 e. The van der Waals surface area contributed by atoms with Gasteiger partial charge in [0.15, 0.2) is 11.6 Å². The SMILES string of the molecule is OCc1ccc(OC2CCCc3ccccc32)c(F)c1. The summed E-state index contributed by atoms with van der Waals surface area (Å²) in [6, 6.07) is 12.8. The number of rotatable bonds is 3. The lowest BCUT2D eigenvalue weighted by Gasteiger charge is -2.26. The van der Waals surface area contributed by atoms with E-state index in [1.54, 1.807) is 12.1 Å². The second kappa shape index (κ2) is 5.63. The molecule has 0 aromatic heterocycles. The zero-order chi connectivity index (χ0) is 13.9. The molecule has 0 spiro atoms. The van der Waals surface area contributed by atoms with Crippen LogP contribution in [0.5, 0.6) is 5.75 Å². The fourth-order valence-corrected chi connectivity index (χ4v) is 2.72. The van der Waals surface area contributed by atoms with Crippen molar-refractivity contribution < 1.29 is 14.2 Å². The Hall–Kier alpha value is -1.87. The molecular weight excluding hydrogens is 255 g/mol. The average Bonchev–Trinajstić information content (AvgIpc) is 2.49. The molecule has 0 amide bonds. The highest BCUT2D eigenvalue weighted by molar-refractivity contribution is 5.34.